The van der Waals surface area contributed by atoms with Crippen molar-refractivity contribution in [1.82, 2.24) is 4.98 Å². The van der Waals surface area contributed by atoms with Crippen LogP contribution < -0.4 is 10.5 Å². The van der Waals surface area contributed by atoms with Crippen molar-refractivity contribution in [2.24, 2.45) is 0 Å². The number of nitrogen functional groups attached to an aromatic ring is 1. The van der Waals surface area contributed by atoms with Crippen molar-refractivity contribution in [1.29, 1.82) is 0 Å². The number of anilines is 1. The number of ether oxygens (including phenoxy) is 1. The van der Waals surface area contributed by atoms with Gasteiger partial charge in [-0.1, -0.05) is 0 Å². The number of aromatic nitrogens is 1. The first-order valence-corrected chi connectivity index (χ1v) is 5.39. The second kappa shape index (κ2) is 4.67. The number of nitrogens with two attached hydrogens (primary N) is 1. The van der Waals surface area contributed by atoms with Gasteiger partial charge in [-0.15, -0.1) is 0 Å². The van der Waals surface area contributed by atoms with Gasteiger partial charge >= 0.3 is 0 Å². The monoisotopic (exact) mass is 300 g/mol. The largest absolute Gasteiger partial charge is 0.438 e. The van der Waals surface area contributed by atoms with Gasteiger partial charge in [0.05, 0.1) is 16.4 Å². The maximum atomic E-state index is 12.9. The Morgan fingerprint density at radius 2 is 1.76 bits per heavy atom. The first-order valence-electron chi connectivity index (χ1n) is 4.59. The summed E-state index contributed by atoms with van der Waals surface area (Å²) in [5, 5.41) is 0. The highest BCUT2D eigenvalue weighted by atomic mass is 79.9. The molecule has 2 aromatic rings. The average Bonchev–Trinajstić information content (AvgIpc) is 2.21. The molecule has 0 aliphatic carbocycles. The number of hydrogen-bond donors (Lipinski definition) is 1. The van der Waals surface area contributed by atoms with E-state index in [-0.39, 0.29) is 11.6 Å². The maximum Gasteiger partial charge on any atom is 0.233 e. The molecule has 0 radical (unpaired) electrons. The first-order chi connectivity index (χ1) is 8.04. The van der Waals surface area contributed by atoms with Crippen LogP contribution in [0.4, 0.5) is 14.5 Å². The number of rotatable bonds is 2. The van der Waals surface area contributed by atoms with Crippen LogP contribution in [0.5, 0.6) is 11.6 Å². The molecule has 0 aliphatic heterocycles. The minimum absolute atomic E-state index is 0.0282. The van der Waals surface area contributed by atoms with E-state index in [4.69, 9.17) is 10.5 Å². The molecule has 0 amide bonds. The van der Waals surface area contributed by atoms with Crippen LogP contribution in [0.2, 0.25) is 0 Å². The molecule has 0 saturated heterocycles. The predicted molar refractivity (Wildman–Crippen MR) is 62.8 cm³/mol. The van der Waals surface area contributed by atoms with Gasteiger partial charge in [0.15, 0.2) is 0 Å². The van der Waals surface area contributed by atoms with Gasteiger partial charge in [0.2, 0.25) is 5.88 Å². The van der Waals surface area contributed by atoms with Gasteiger partial charge in [0.1, 0.15) is 17.4 Å². The van der Waals surface area contributed by atoms with Crippen molar-refractivity contribution >= 4 is 21.6 Å². The van der Waals surface area contributed by atoms with Crippen LogP contribution in [0, 0.1) is 11.6 Å². The van der Waals surface area contributed by atoms with Crippen LogP contribution in [0.25, 0.3) is 0 Å². The molecule has 1 aromatic carbocycles. The predicted octanol–water partition coefficient (Wildman–Crippen LogP) is 3.50. The van der Waals surface area contributed by atoms with Crippen LogP contribution in [-0.4, -0.2) is 4.98 Å². The quantitative estimate of drug-likeness (QED) is 0.923. The Bertz CT molecular complexity index is 543. The third-order valence-electron chi connectivity index (χ3n) is 1.88. The topological polar surface area (TPSA) is 48.1 Å². The van der Waals surface area contributed by atoms with Crippen molar-refractivity contribution in [3.63, 3.8) is 0 Å². The third-order valence-corrected chi connectivity index (χ3v) is 2.45. The summed E-state index contributed by atoms with van der Waals surface area (Å²) < 4.78 is 31.6. The summed E-state index contributed by atoms with van der Waals surface area (Å²) in [5.74, 6) is -1.22. The van der Waals surface area contributed by atoms with Crippen molar-refractivity contribution < 1.29 is 13.5 Å². The molecular weight excluding hydrogens is 294 g/mol. The van der Waals surface area contributed by atoms with Gasteiger partial charge in [-0.2, -0.15) is 0 Å². The normalized spacial score (nSPS) is 10.3. The first kappa shape index (κ1) is 11.8. The van der Waals surface area contributed by atoms with Gasteiger partial charge < -0.3 is 10.5 Å². The summed E-state index contributed by atoms with van der Waals surface area (Å²) in [6, 6.07) is 4.47. The molecule has 0 saturated carbocycles. The van der Waals surface area contributed by atoms with Crippen molar-refractivity contribution in [3.8, 4) is 11.6 Å². The standard InChI is InChI=1S/C11H7BrF2N2O/c12-10-4-8(15)5-16-11(10)17-9-2-6(13)1-7(14)3-9/h1-5H,15H2. The molecule has 2 rings (SSSR count). The number of pyridine rings is 1. The Morgan fingerprint density at radius 1 is 1.12 bits per heavy atom. The Hall–Kier alpha value is -1.69. The van der Waals surface area contributed by atoms with E-state index in [1.54, 1.807) is 6.07 Å². The fraction of sp³-hybridized carbons (Fsp3) is 0. The van der Waals surface area contributed by atoms with Crippen LogP contribution in [-0.2, 0) is 0 Å². The summed E-state index contributed by atoms with van der Waals surface area (Å²) in [6.07, 6.45) is 1.38. The molecule has 0 spiro atoms. The fourth-order valence-corrected chi connectivity index (χ4v) is 1.66. The van der Waals surface area contributed by atoms with Gasteiger partial charge in [-0.05, 0) is 22.0 Å². The molecule has 0 aliphatic rings. The van der Waals surface area contributed by atoms with Crippen molar-refractivity contribution in [2.75, 3.05) is 5.73 Å². The molecule has 3 nitrogen and oxygen atoms in total. The van der Waals surface area contributed by atoms with E-state index in [1.807, 2.05) is 0 Å². The lowest BCUT2D eigenvalue weighted by Gasteiger charge is -2.07. The molecule has 17 heavy (non-hydrogen) atoms. The van der Waals surface area contributed by atoms with E-state index >= 15 is 0 Å². The fourth-order valence-electron chi connectivity index (χ4n) is 1.21. The van der Waals surface area contributed by atoms with Crippen LogP contribution in [0.15, 0.2) is 34.9 Å². The molecule has 6 heteroatoms. The minimum atomic E-state index is -0.716. The van der Waals surface area contributed by atoms with Crippen LogP contribution in [0.1, 0.15) is 0 Å². The van der Waals surface area contributed by atoms with E-state index in [0.717, 1.165) is 18.2 Å². The van der Waals surface area contributed by atoms with Gasteiger partial charge in [0.25, 0.3) is 0 Å². The highest BCUT2D eigenvalue weighted by Gasteiger charge is 2.07. The summed E-state index contributed by atoms with van der Waals surface area (Å²) in [7, 11) is 0. The summed E-state index contributed by atoms with van der Waals surface area (Å²) in [5.41, 5.74) is 5.95. The van der Waals surface area contributed by atoms with E-state index in [0.29, 0.717) is 10.2 Å². The second-order valence-electron chi connectivity index (χ2n) is 3.26. The number of hydrogen-bond acceptors (Lipinski definition) is 3. The molecule has 1 heterocycles. The van der Waals surface area contributed by atoms with Crippen molar-refractivity contribution in [2.45, 2.75) is 0 Å². The van der Waals surface area contributed by atoms with Crippen LogP contribution >= 0.6 is 15.9 Å². The Morgan fingerprint density at radius 3 is 2.35 bits per heavy atom. The number of nitrogens with zero attached hydrogens (tertiary/aromatic N) is 1. The zero-order chi connectivity index (χ0) is 12.4. The second-order valence-corrected chi connectivity index (χ2v) is 4.12. The lowest BCUT2D eigenvalue weighted by Crippen LogP contribution is -1.93. The van der Waals surface area contributed by atoms with E-state index in [2.05, 4.69) is 20.9 Å². The van der Waals surface area contributed by atoms with E-state index < -0.39 is 11.6 Å². The third kappa shape index (κ3) is 2.91. The smallest absolute Gasteiger partial charge is 0.233 e. The lowest BCUT2D eigenvalue weighted by atomic mass is 10.3. The molecule has 0 fully saturated rings. The van der Waals surface area contributed by atoms with Crippen LogP contribution in [0.3, 0.4) is 0 Å². The van der Waals surface area contributed by atoms with Crippen molar-refractivity contribution in [3.05, 3.63) is 46.6 Å². The molecule has 0 bridgehead atoms. The summed E-state index contributed by atoms with van der Waals surface area (Å²) >= 11 is 3.19. The Labute approximate surface area is 104 Å². The highest BCUT2D eigenvalue weighted by molar-refractivity contribution is 9.10. The van der Waals surface area contributed by atoms with Gasteiger partial charge in [-0.3, -0.25) is 0 Å². The minimum Gasteiger partial charge on any atom is -0.438 e. The Balaban J connectivity index is 2.31. The van der Waals surface area contributed by atoms with Gasteiger partial charge in [0, 0.05) is 18.2 Å². The summed E-state index contributed by atoms with van der Waals surface area (Å²) in [6.45, 7) is 0. The molecule has 0 unspecified atom stereocenters. The maximum absolute atomic E-state index is 12.9. The SMILES string of the molecule is Nc1cnc(Oc2cc(F)cc(F)c2)c(Br)c1. The number of benzene rings is 1. The zero-order valence-corrected chi connectivity index (χ0v) is 10.0. The highest BCUT2D eigenvalue weighted by Crippen LogP contribution is 2.29. The molecule has 0 atom stereocenters. The molecule has 1 aromatic heterocycles. The molecule has 88 valence electrons. The average molecular weight is 301 g/mol. The number of halogens is 3. The van der Waals surface area contributed by atoms with Gasteiger partial charge in [-0.25, -0.2) is 13.8 Å². The molecular formula is C11H7BrF2N2O. The lowest BCUT2D eigenvalue weighted by molar-refractivity contribution is 0.448. The molecule has 2 N–H and O–H groups in total. The summed E-state index contributed by atoms with van der Waals surface area (Å²) in [4.78, 5) is 3.89. The van der Waals surface area contributed by atoms with E-state index in [9.17, 15) is 8.78 Å². The van der Waals surface area contributed by atoms with E-state index in [1.165, 1.54) is 6.20 Å². The zero-order valence-electron chi connectivity index (χ0n) is 8.45. The Kier molecular flexibility index (Phi) is 3.23.